The maximum Gasteiger partial charge on any atom is 0.227 e. The number of rotatable bonds is 4. The van der Waals surface area contributed by atoms with Gasteiger partial charge in [0.2, 0.25) is 5.91 Å². The summed E-state index contributed by atoms with van der Waals surface area (Å²) in [5.74, 6) is 1.59. The summed E-state index contributed by atoms with van der Waals surface area (Å²) >= 11 is 0. The quantitative estimate of drug-likeness (QED) is 0.854. The van der Waals surface area contributed by atoms with E-state index in [4.69, 9.17) is 14.2 Å². The van der Waals surface area contributed by atoms with Crippen molar-refractivity contribution in [3.8, 4) is 11.5 Å². The van der Waals surface area contributed by atoms with Crippen molar-refractivity contribution in [1.82, 2.24) is 4.90 Å². The zero-order chi connectivity index (χ0) is 15.5. The Morgan fingerprint density at radius 1 is 1.32 bits per heavy atom. The predicted octanol–water partition coefficient (Wildman–Crippen LogP) is 2.03. The van der Waals surface area contributed by atoms with E-state index >= 15 is 0 Å². The van der Waals surface area contributed by atoms with Gasteiger partial charge in [-0.1, -0.05) is 6.07 Å². The molecule has 2 atom stereocenters. The lowest BCUT2D eigenvalue weighted by Crippen LogP contribution is -2.51. The Morgan fingerprint density at radius 3 is 2.95 bits per heavy atom. The first-order valence-corrected chi connectivity index (χ1v) is 7.85. The second-order valence-electron chi connectivity index (χ2n) is 5.85. The van der Waals surface area contributed by atoms with E-state index < -0.39 is 0 Å². The van der Waals surface area contributed by atoms with E-state index in [2.05, 4.69) is 0 Å². The van der Waals surface area contributed by atoms with E-state index in [0.717, 1.165) is 30.6 Å². The summed E-state index contributed by atoms with van der Waals surface area (Å²) in [6.07, 6.45) is 3.85. The van der Waals surface area contributed by atoms with Crippen molar-refractivity contribution >= 4 is 5.91 Å². The number of hydrogen-bond acceptors (Lipinski definition) is 4. The van der Waals surface area contributed by atoms with Gasteiger partial charge in [-0.3, -0.25) is 4.79 Å². The lowest BCUT2D eigenvalue weighted by Gasteiger charge is -2.37. The summed E-state index contributed by atoms with van der Waals surface area (Å²) in [4.78, 5) is 14.7. The molecule has 5 nitrogen and oxygen atoms in total. The number of benzene rings is 1. The number of carbonyl (C=O) groups excluding carboxylic acids is 1. The third kappa shape index (κ3) is 2.90. The maximum absolute atomic E-state index is 12.7. The van der Waals surface area contributed by atoms with Gasteiger partial charge in [-0.15, -0.1) is 0 Å². The number of carbonyl (C=O) groups is 1. The summed E-state index contributed by atoms with van der Waals surface area (Å²) in [5, 5.41) is 0. The lowest BCUT2D eigenvalue weighted by molar-refractivity contribution is -0.143. The molecule has 5 heteroatoms. The number of amides is 1. The second kappa shape index (κ2) is 6.57. The molecule has 1 amide bonds. The Kier molecular flexibility index (Phi) is 4.52. The van der Waals surface area contributed by atoms with Gasteiger partial charge in [0.05, 0.1) is 39.4 Å². The van der Waals surface area contributed by atoms with Crippen LogP contribution < -0.4 is 9.47 Å². The summed E-state index contributed by atoms with van der Waals surface area (Å²) in [5.41, 5.74) is 0.898. The molecule has 1 aliphatic carbocycles. The zero-order valence-electron chi connectivity index (χ0n) is 13.2. The molecule has 1 aliphatic heterocycles. The van der Waals surface area contributed by atoms with Crippen LogP contribution in [0.4, 0.5) is 0 Å². The molecule has 0 N–H and O–H groups in total. The van der Waals surface area contributed by atoms with E-state index in [0.29, 0.717) is 25.3 Å². The molecule has 1 aromatic carbocycles. The summed E-state index contributed by atoms with van der Waals surface area (Å²) < 4.78 is 16.4. The van der Waals surface area contributed by atoms with Crippen LogP contribution in [0.3, 0.4) is 0 Å². The fourth-order valence-electron chi connectivity index (χ4n) is 3.50. The molecule has 1 aromatic rings. The van der Waals surface area contributed by atoms with Crippen molar-refractivity contribution in [2.24, 2.45) is 0 Å². The van der Waals surface area contributed by atoms with Crippen molar-refractivity contribution < 1.29 is 19.0 Å². The largest absolute Gasteiger partial charge is 0.497 e. The smallest absolute Gasteiger partial charge is 0.227 e. The van der Waals surface area contributed by atoms with Gasteiger partial charge in [0, 0.05) is 18.2 Å². The molecule has 2 fully saturated rings. The van der Waals surface area contributed by atoms with Crippen molar-refractivity contribution in [1.29, 1.82) is 0 Å². The number of hydrogen-bond donors (Lipinski definition) is 0. The van der Waals surface area contributed by atoms with Crippen molar-refractivity contribution in [2.75, 3.05) is 27.4 Å². The first-order chi connectivity index (χ1) is 10.7. The Labute approximate surface area is 131 Å². The molecular weight excluding hydrogens is 282 g/mol. The third-order valence-corrected chi connectivity index (χ3v) is 4.64. The summed E-state index contributed by atoms with van der Waals surface area (Å²) in [6.45, 7) is 1.34. The van der Waals surface area contributed by atoms with Gasteiger partial charge in [0.15, 0.2) is 0 Å². The van der Waals surface area contributed by atoms with Crippen molar-refractivity contribution in [3.63, 3.8) is 0 Å². The monoisotopic (exact) mass is 305 g/mol. The molecule has 0 aromatic heterocycles. The van der Waals surface area contributed by atoms with E-state index in [1.807, 2.05) is 23.1 Å². The zero-order valence-corrected chi connectivity index (χ0v) is 13.2. The number of fused-ring (bicyclic) bond motifs is 1. The van der Waals surface area contributed by atoms with Crippen LogP contribution in [-0.2, 0) is 16.0 Å². The highest BCUT2D eigenvalue weighted by Crippen LogP contribution is 2.31. The van der Waals surface area contributed by atoms with Gasteiger partial charge in [-0.25, -0.2) is 0 Å². The van der Waals surface area contributed by atoms with Crippen LogP contribution in [0.15, 0.2) is 18.2 Å². The van der Waals surface area contributed by atoms with Crippen LogP contribution in [0.2, 0.25) is 0 Å². The molecule has 1 heterocycles. The fourth-order valence-corrected chi connectivity index (χ4v) is 3.50. The highest BCUT2D eigenvalue weighted by atomic mass is 16.5. The summed E-state index contributed by atoms with van der Waals surface area (Å²) in [6, 6.07) is 5.84. The molecule has 1 saturated heterocycles. The molecule has 22 heavy (non-hydrogen) atoms. The van der Waals surface area contributed by atoms with Crippen molar-refractivity contribution in [2.45, 2.75) is 37.8 Å². The standard InChI is InChI=1S/C17H23NO4/c1-20-13-7-6-12(16(11-13)21-2)10-17(19)18-8-9-22-15-5-3-4-14(15)18/h6-7,11,14-15H,3-5,8-10H2,1-2H3/t14-,15+/m1/s1. The average molecular weight is 305 g/mol. The Bertz CT molecular complexity index is 545. The van der Waals surface area contributed by atoms with E-state index in [1.165, 1.54) is 0 Å². The van der Waals surface area contributed by atoms with Crippen LogP contribution in [0.5, 0.6) is 11.5 Å². The molecular formula is C17H23NO4. The second-order valence-corrected chi connectivity index (χ2v) is 5.85. The van der Waals surface area contributed by atoms with Crippen molar-refractivity contribution in [3.05, 3.63) is 23.8 Å². The minimum atomic E-state index is 0.156. The van der Waals surface area contributed by atoms with Crippen LogP contribution in [-0.4, -0.2) is 50.3 Å². The maximum atomic E-state index is 12.7. The topological polar surface area (TPSA) is 48.0 Å². The predicted molar refractivity (Wildman–Crippen MR) is 82.3 cm³/mol. The highest BCUT2D eigenvalue weighted by molar-refractivity contribution is 5.80. The number of morpholine rings is 1. The van der Waals surface area contributed by atoms with Gasteiger partial charge in [0.1, 0.15) is 11.5 Å². The normalized spacial score (nSPS) is 24.0. The van der Waals surface area contributed by atoms with Gasteiger partial charge < -0.3 is 19.1 Å². The van der Waals surface area contributed by atoms with Gasteiger partial charge in [-0.2, -0.15) is 0 Å². The minimum absolute atomic E-state index is 0.156. The number of methoxy groups -OCH3 is 2. The Hall–Kier alpha value is -1.75. The molecule has 0 radical (unpaired) electrons. The Balaban J connectivity index is 1.73. The van der Waals surface area contributed by atoms with Crippen LogP contribution in [0.25, 0.3) is 0 Å². The first kappa shape index (κ1) is 15.2. The fraction of sp³-hybridized carbons (Fsp3) is 0.588. The van der Waals surface area contributed by atoms with Crippen LogP contribution in [0, 0.1) is 0 Å². The molecule has 1 saturated carbocycles. The minimum Gasteiger partial charge on any atom is -0.497 e. The molecule has 0 spiro atoms. The van der Waals surface area contributed by atoms with E-state index in [9.17, 15) is 4.79 Å². The molecule has 0 unspecified atom stereocenters. The van der Waals surface area contributed by atoms with Gasteiger partial charge in [-0.05, 0) is 25.3 Å². The van der Waals surface area contributed by atoms with Crippen LogP contribution in [0.1, 0.15) is 24.8 Å². The van der Waals surface area contributed by atoms with Gasteiger partial charge in [0.25, 0.3) is 0 Å². The lowest BCUT2D eigenvalue weighted by atomic mass is 10.1. The SMILES string of the molecule is COc1ccc(CC(=O)N2CCO[C@H]3CCC[C@H]32)c(OC)c1. The average Bonchev–Trinajstić information content (AvgIpc) is 3.03. The Morgan fingerprint density at radius 2 is 2.18 bits per heavy atom. The van der Waals surface area contributed by atoms with Gasteiger partial charge >= 0.3 is 0 Å². The highest BCUT2D eigenvalue weighted by Gasteiger charge is 2.38. The first-order valence-electron chi connectivity index (χ1n) is 7.85. The number of nitrogens with zero attached hydrogens (tertiary/aromatic N) is 1. The molecule has 3 rings (SSSR count). The van der Waals surface area contributed by atoms with E-state index in [1.54, 1.807) is 14.2 Å². The summed E-state index contributed by atoms with van der Waals surface area (Å²) in [7, 11) is 3.23. The molecule has 0 bridgehead atoms. The number of ether oxygens (including phenoxy) is 3. The van der Waals surface area contributed by atoms with Crippen LogP contribution >= 0.6 is 0 Å². The molecule has 2 aliphatic rings. The third-order valence-electron chi connectivity index (χ3n) is 4.64. The van der Waals surface area contributed by atoms with E-state index in [-0.39, 0.29) is 18.1 Å². The molecule has 120 valence electrons.